The Morgan fingerprint density at radius 1 is 1.03 bits per heavy atom. The van der Waals surface area contributed by atoms with E-state index in [1.807, 2.05) is 30.0 Å². The Kier molecular flexibility index (Phi) is 5.30. The molecule has 2 heterocycles. The van der Waals surface area contributed by atoms with E-state index in [0.717, 1.165) is 24.5 Å². The third kappa shape index (κ3) is 3.99. The molecule has 5 heteroatoms. The zero-order chi connectivity index (χ0) is 20.4. The molecule has 2 aromatic carbocycles. The number of anilines is 2. The molecule has 0 unspecified atom stereocenters. The van der Waals surface area contributed by atoms with Crippen LogP contribution >= 0.6 is 0 Å². The number of aromatic nitrogens is 2. The molecule has 0 spiro atoms. The van der Waals surface area contributed by atoms with Crippen LogP contribution in [0.4, 0.5) is 11.5 Å². The van der Waals surface area contributed by atoms with Gasteiger partial charge in [-0.05, 0) is 56.0 Å². The van der Waals surface area contributed by atoms with Crippen molar-refractivity contribution >= 4 is 17.4 Å². The summed E-state index contributed by atoms with van der Waals surface area (Å²) in [7, 11) is 0. The van der Waals surface area contributed by atoms with Gasteiger partial charge < -0.3 is 9.80 Å². The molecule has 1 aliphatic rings. The van der Waals surface area contributed by atoms with Gasteiger partial charge in [0.15, 0.2) is 0 Å². The van der Waals surface area contributed by atoms with Gasteiger partial charge in [-0.15, -0.1) is 0 Å². The second-order valence-electron chi connectivity index (χ2n) is 7.49. The van der Waals surface area contributed by atoms with Crippen molar-refractivity contribution in [1.29, 1.82) is 0 Å². The number of benzene rings is 2. The topological polar surface area (TPSA) is 49.3 Å². The molecule has 0 saturated heterocycles. The van der Waals surface area contributed by atoms with E-state index in [4.69, 9.17) is 0 Å². The van der Waals surface area contributed by atoms with Gasteiger partial charge in [-0.25, -0.2) is 9.97 Å². The quantitative estimate of drug-likeness (QED) is 0.665. The minimum atomic E-state index is -0.0356. The highest BCUT2D eigenvalue weighted by molar-refractivity contribution is 5.93. The van der Waals surface area contributed by atoms with E-state index in [1.54, 1.807) is 0 Å². The van der Waals surface area contributed by atoms with Crippen molar-refractivity contribution in [2.75, 3.05) is 18.0 Å². The monoisotopic (exact) mass is 386 g/mol. The minimum absolute atomic E-state index is 0.0356. The van der Waals surface area contributed by atoms with Crippen LogP contribution in [0.25, 0.3) is 0 Å². The number of hydrogen-bond donors (Lipinski definition) is 0. The maximum absolute atomic E-state index is 13.2. The summed E-state index contributed by atoms with van der Waals surface area (Å²) in [5, 5.41) is 0. The lowest BCUT2D eigenvalue weighted by Crippen LogP contribution is -2.36. The average molecular weight is 386 g/mol. The van der Waals surface area contributed by atoms with Crippen LogP contribution in [0.1, 0.15) is 39.9 Å². The molecule has 0 saturated carbocycles. The maximum Gasteiger partial charge on any atom is 0.272 e. The first-order valence-corrected chi connectivity index (χ1v) is 10.1. The second-order valence-corrected chi connectivity index (χ2v) is 7.49. The predicted octanol–water partition coefficient (Wildman–Crippen LogP) is 4.45. The highest BCUT2D eigenvalue weighted by Gasteiger charge is 2.24. The van der Waals surface area contributed by atoms with E-state index in [-0.39, 0.29) is 5.91 Å². The van der Waals surface area contributed by atoms with Gasteiger partial charge in [-0.3, -0.25) is 4.79 Å². The number of amides is 1. The van der Waals surface area contributed by atoms with Gasteiger partial charge in [0, 0.05) is 31.4 Å². The largest absolute Gasteiger partial charge is 0.333 e. The Morgan fingerprint density at radius 3 is 2.59 bits per heavy atom. The number of carbonyl (C=O) groups is 1. The smallest absolute Gasteiger partial charge is 0.272 e. The number of aryl methyl sites for hydroxylation is 2. The number of hydrogen-bond acceptors (Lipinski definition) is 4. The van der Waals surface area contributed by atoms with Crippen LogP contribution in [0, 0.1) is 13.8 Å². The summed E-state index contributed by atoms with van der Waals surface area (Å²) in [6.45, 7) is 8.10. The van der Waals surface area contributed by atoms with E-state index in [9.17, 15) is 4.79 Å². The molecule has 1 aliphatic heterocycles. The normalized spacial score (nSPS) is 13.1. The molecule has 4 rings (SSSR count). The first-order valence-electron chi connectivity index (χ1n) is 10.1. The molecule has 0 aliphatic carbocycles. The van der Waals surface area contributed by atoms with Gasteiger partial charge in [0.05, 0.1) is 0 Å². The van der Waals surface area contributed by atoms with Gasteiger partial charge in [-0.2, -0.15) is 0 Å². The lowest BCUT2D eigenvalue weighted by Gasteiger charge is -2.29. The van der Waals surface area contributed by atoms with Crippen LogP contribution in [0.5, 0.6) is 0 Å². The molecule has 0 atom stereocenters. The standard InChI is InChI=1S/C24H26N4O/c1-4-28(21-11-7-8-17(2)14-21)23-15-22(25-18(3)26-23)24(29)27-13-12-19-9-5-6-10-20(19)16-27/h5-11,14-15H,4,12-13,16H2,1-3H3. The molecule has 0 N–H and O–H groups in total. The minimum Gasteiger partial charge on any atom is -0.333 e. The van der Waals surface area contributed by atoms with Gasteiger partial charge in [0.1, 0.15) is 17.3 Å². The van der Waals surface area contributed by atoms with Crippen molar-refractivity contribution in [3.05, 3.63) is 82.8 Å². The van der Waals surface area contributed by atoms with Crippen LogP contribution in [0.2, 0.25) is 0 Å². The summed E-state index contributed by atoms with van der Waals surface area (Å²) >= 11 is 0. The van der Waals surface area contributed by atoms with Crippen molar-refractivity contribution < 1.29 is 4.79 Å². The molecular weight excluding hydrogens is 360 g/mol. The third-order valence-electron chi connectivity index (χ3n) is 5.37. The summed E-state index contributed by atoms with van der Waals surface area (Å²) in [6.07, 6.45) is 0.878. The third-order valence-corrected chi connectivity index (χ3v) is 5.37. The molecular formula is C24H26N4O. The predicted molar refractivity (Wildman–Crippen MR) is 116 cm³/mol. The average Bonchev–Trinajstić information content (AvgIpc) is 2.73. The van der Waals surface area contributed by atoms with Crippen molar-refractivity contribution in [3.8, 4) is 0 Å². The summed E-state index contributed by atoms with van der Waals surface area (Å²) in [4.78, 5) is 26.3. The van der Waals surface area contributed by atoms with Gasteiger partial charge >= 0.3 is 0 Å². The SMILES string of the molecule is CCN(c1cccc(C)c1)c1cc(C(=O)N2CCc3ccccc3C2)nc(C)n1. The fraction of sp³-hybridized carbons (Fsp3) is 0.292. The van der Waals surface area contributed by atoms with Crippen molar-refractivity contribution in [2.45, 2.75) is 33.7 Å². The van der Waals surface area contributed by atoms with Crippen molar-refractivity contribution in [3.63, 3.8) is 0 Å². The number of nitrogens with zero attached hydrogens (tertiary/aromatic N) is 4. The van der Waals surface area contributed by atoms with Crippen LogP contribution < -0.4 is 4.90 Å². The zero-order valence-electron chi connectivity index (χ0n) is 17.2. The maximum atomic E-state index is 13.2. The zero-order valence-corrected chi connectivity index (χ0v) is 17.2. The molecule has 29 heavy (non-hydrogen) atoms. The van der Waals surface area contributed by atoms with Gasteiger partial charge in [0.25, 0.3) is 5.91 Å². The molecule has 0 radical (unpaired) electrons. The summed E-state index contributed by atoms with van der Waals surface area (Å²) in [6, 6.07) is 18.5. The Bertz CT molecular complexity index is 1050. The lowest BCUT2D eigenvalue weighted by molar-refractivity contribution is 0.0728. The first kappa shape index (κ1) is 19.1. The van der Waals surface area contributed by atoms with E-state index in [1.165, 1.54) is 16.7 Å². The number of fused-ring (bicyclic) bond motifs is 1. The van der Waals surface area contributed by atoms with Crippen LogP contribution in [0.3, 0.4) is 0 Å². The summed E-state index contributed by atoms with van der Waals surface area (Å²) < 4.78 is 0. The Labute approximate surface area is 172 Å². The van der Waals surface area contributed by atoms with Crippen LogP contribution in [0.15, 0.2) is 54.6 Å². The Hall–Kier alpha value is -3.21. The summed E-state index contributed by atoms with van der Waals surface area (Å²) in [5.74, 6) is 1.33. The highest BCUT2D eigenvalue weighted by atomic mass is 16.2. The molecule has 3 aromatic rings. The molecule has 0 bridgehead atoms. The first-order chi connectivity index (χ1) is 14.0. The molecule has 148 valence electrons. The number of carbonyl (C=O) groups excluding carboxylic acids is 1. The highest BCUT2D eigenvalue weighted by Crippen LogP contribution is 2.26. The fourth-order valence-electron chi connectivity index (χ4n) is 3.90. The van der Waals surface area contributed by atoms with Crippen LogP contribution in [-0.4, -0.2) is 33.9 Å². The van der Waals surface area contributed by atoms with E-state index < -0.39 is 0 Å². The number of rotatable bonds is 4. The molecule has 0 fully saturated rings. The fourth-order valence-corrected chi connectivity index (χ4v) is 3.90. The lowest BCUT2D eigenvalue weighted by atomic mass is 10.00. The molecule has 1 amide bonds. The van der Waals surface area contributed by atoms with E-state index in [2.05, 4.69) is 65.1 Å². The van der Waals surface area contributed by atoms with Crippen LogP contribution in [-0.2, 0) is 13.0 Å². The molecule has 5 nitrogen and oxygen atoms in total. The van der Waals surface area contributed by atoms with Gasteiger partial charge in [0.2, 0.25) is 0 Å². The molecule has 1 aromatic heterocycles. The van der Waals surface area contributed by atoms with Crippen molar-refractivity contribution in [2.24, 2.45) is 0 Å². The van der Waals surface area contributed by atoms with E-state index in [0.29, 0.717) is 24.6 Å². The van der Waals surface area contributed by atoms with Gasteiger partial charge in [-0.1, -0.05) is 36.4 Å². The van der Waals surface area contributed by atoms with E-state index >= 15 is 0 Å². The Balaban J connectivity index is 1.64. The second kappa shape index (κ2) is 8.03. The summed E-state index contributed by atoms with van der Waals surface area (Å²) in [5.41, 5.74) is 5.25. The Morgan fingerprint density at radius 2 is 1.83 bits per heavy atom. The van der Waals surface area contributed by atoms with Crippen molar-refractivity contribution in [1.82, 2.24) is 14.9 Å².